The first-order valence-corrected chi connectivity index (χ1v) is 12.6. The highest BCUT2D eigenvalue weighted by molar-refractivity contribution is 5.99. The summed E-state index contributed by atoms with van der Waals surface area (Å²) < 4.78 is 56.5. The number of carbonyl (C=O) groups is 1. The number of pyridine rings is 1. The number of fused-ring (bicyclic) bond motifs is 1. The van der Waals surface area contributed by atoms with Gasteiger partial charge in [0.05, 0.1) is 48.9 Å². The Balaban J connectivity index is 1.55. The number of hydrogen-bond donors (Lipinski definition) is 1. The second-order valence-corrected chi connectivity index (χ2v) is 10.2. The zero-order chi connectivity index (χ0) is 29.5. The summed E-state index contributed by atoms with van der Waals surface area (Å²) in [4.78, 5) is 18.8. The van der Waals surface area contributed by atoms with Crippen LogP contribution in [0, 0.1) is 17.1 Å². The fourth-order valence-corrected chi connectivity index (χ4v) is 4.47. The Bertz CT molecular complexity index is 1650. The Morgan fingerprint density at radius 2 is 1.93 bits per heavy atom. The van der Waals surface area contributed by atoms with Gasteiger partial charge in [0.15, 0.2) is 0 Å². The lowest BCUT2D eigenvalue weighted by Crippen LogP contribution is -2.43. The van der Waals surface area contributed by atoms with E-state index in [1.807, 2.05) is 6.07 Å². The molecule has 3 heterocycles. The number of rotatable bonds is 6. The molecule has 0 spiro atoms. The van der Waals surface area contributed by atoms with Crippen LogP contribution in [0.5, 0.6) is 5.75 Å². The molecule has 1 unspecified atom stereocenters. The molecule has 0 saturated heterocycles. The summed E-state index contributed by atoms with van der Waals surface area (Å²) in [5.41, 5.74) is 5.62. The van der Waals surface area contributed by atoms with Crippen LogP contribution in [0.3, 0.4) is 0 Å². The minimum atomic E-state index is -3.59. The molecule has 0 radical (unpaired) electrons. The zero-order valence-electron chi connectivity index (χ0n) is 22.4. The standard InChI is InChI=1S/C29H25F3N6O3/c1-28(2,15-33)27-37-36-25(41-27)19-10-24-20(11-21(19)30)29(31,32)12-22(34)26(39)38(24)14-16-4-6-17(7-5-16)23-9-8-18(40-3)13-35-23/h4-11,13,22H,12,14,34H2,1-3H3. The number of aromatic nitrogens is 3. The van der Waals surface area contributed by atoms with Crippen LogP contribution < -0.4 is 15.4 Å². The summed E-state index contributed by atoms with van der Waals surface area (Å²) in [6.45, 7) is 2.96. The number of benzene rings is 2. The van der Waals surface area contributed by atoms with Crippen LogP contribution in [0.25, 0.3) is 22.7 Å². The SMILES string of the molecule is COc1ccc(-c2ccc(CN3C(=O)C(N)CC(F)(F)c4cc(F)c(-c5nnc(C(C)(C)C#N)o5)cc43)cc2)nc1. The van der Waals surface area contributed by atoms with Crippen molar-refractivity contribution in [1.29, 1.82) is 5.26 Å². The van der Waals surface area contributed by atoms with Gasteiger partial charge in [0, 0.05) is 17.5 Å². The normalized spacial score (nSPS) is 16.6. The van der Waals surface area contributed by atoms with Gasteiger partial charge in [-0.05, 0) is 43.7 Å². The van der Waals surface area contributed by atoms with E-state index in [1.165, 1.54) is 13.8 Å². The molecule has 0 fully saturated rings. The van der Waals surface area contributed by atoms with Crippen LogP contribution in [-0.2, 0) is 22.7 Å². The molecule has 210 valence electrons. The lowest BCUT2D eigenvalue weighted by atomic mass is 9.96. The van der Waals surface area contributed by atoms with E-state index in [0.717, 1.165) is 16.5 Å². The van der Waals surface area contributed by atoms with Crippen LogP contribution in [0.2, 0.25) is 0 Å². The molecule has 1 aliphatic rings. The van der Waals surface area contributed by atoms with E-state index in [1.54, 1.807) is 49.7 Å². The third-order valence-electron chi connectivity index (χ3n) is 6.86. The zero-order valence-corrected chi connectivity index (χ0v) is 22.4. The molecule has 9 nitrogen and oxygen atoms in total. The van der Waals surface area contributed by atoms with E-state index in [0.29, 0.717) is 23.1 Å². The molecule has 1 atom stereocenters. The molecule has 12 heteroatoms. The largest absolute Gasteiger partial charge is 0.495 e. The molecule has 0 bridgehead atoms. The van der Waals surface area contributed by atoms with E-state index < -0.39 is 41.1 Å². The number of anilines is 1. The molecule has 1 aliphatic heterocycles. The van der Waals surface area contributed by atoms with Crippen molar-refractivity contribution in [3.8, 4) is 34.5 Å². The Kier molecular flexibility index (Phi) is 7.00. The van der Waals surface area contributed by atoms with Gasteiger partial charge < -0.3 is 19.8 Å². The van der Waals surface area contributed by atoms with Crippen molar-refractivity contribution >= 4 is 11.6 Å². The number of methoxy groups -OCH3 is 1. The molecule has 2 N–H and O–H groups in total. The minimum Gasteiger partial charge on any atom is -0.495 e. The number of alkyl halides is 2. The van der Waals surface area contributed by atoms with Gasteiger partial charge in [0.25, 0.3) is 11.8 Å². The number of halogens is 3. The van der Waals surface area contributed by atoms with E-state index in [9.17, 15) is 10.1 Å². The van der Waals surface area contributed by atoms with Crippen LogP contribution >= 0.6 is 0 Å². The monoisotopic (exact) mass is 562 g/mol. The molecule has 4 aromatic rings. The van der Waals surface area contributed by atoms with E-state index >= 15 is 13.2 Å². The highest BCUT2D eigenvalue weighted by Crippen LogP contribution is 2.45. The lowest BCUT2D eigenvalue weighted by molar-refractivity contribution is -0.122. The summed E-state index contributed by atoms with van der Waals surface area (Å²) in [5, 5.41) is 17.0. The van der Waals surface area contributed by atoms with Crippen LogP contribution in [0.4, 0.5) is 18.9 Å². The van der Waals surface area contributed by atoms with Crippen LogP contribution in [0.15, 0.2) is 59.1 Å². The average Bonchev–Trinajstić information content (AvgIpc) is 3.45. The highest BCUT2D eigenvalue weighted by atomic mass is 19.3. The molecule has 1 amide bonds. The summed E-state index contributed by atoms with van der Waals surface area (Å²) >= 11 is 0. The summed E-state index contributed by atoms with van der Waals surface area (Å²) in [5.74, 6) is -5.17. The topological polar surface area (TPSA) is 131 Å². The number of hydrogen-bond acceptors (Lipinski definition) is 8. The number of nitriles is 1. The molecule has 0 aliphatic carbocycles. The molecule has 41 heavy (non-hydrogen) atoms. The van der Waals surface area contributed by atoms with Gasteiger partial charge in [-0.3, -0.25) is 9.78 Å². The summed E-state index contributed by atoms with van der Waals surface area (Å²) in [7, 11) is 1.54. The third-order valence-corrected chi connectivity index (χ3v) is 6.86. The Morgan fingerprint density at radius 3 is 2.56 bits per heavy atom. The van der Waals surface area contributed by atoms with Gasteiger partial charge in [-0.2, -0.15) is 5.26 Å². The third kappa shape index (κ3) is 5.24. The summed E-state index contributed by atoms with van der Waals surface area (Å²) in [6.07, 6.45) is 0.597. The van der Waals surface area contributed by atoms with Crippen molar-refractivity contribution < 1.29 is 27.1 Å². The molecule has 0 saturated carbocycles. The first-order valence-electron chi connectivity index (χ1n) is 12.6. The van der Waals surface area contributed by atoms with E-state index in [4.69, 9.17) is 14.9 Å². The van der Waals surface area contributed by atoms with Crippen LogP contribution in [-0.4, -0.2) is 34.2 Å². The highest BCUT2D eigenvalue weighted by Gasteiger charge is 2.45. The summed E-state index contributed by atoms with van der Waals surface area (Å²) in [6, 6.07) is 12.8. The van der Waals surface area contributed by atoms with Crippen molar-refractivity contribution in [3.63, 3.8) is 0 Å². The van der Waals surface area contributed by atoms with Gasteiger partial charge in [0.2, 0.25) is 11.8 Å². The van der Waals surface area contributed by atoms with Crippen LogP contribution in [0.1, 0.15) is 37.3 Å². The van der Waals surface area contributed by atoms with Crippen molar-refractivity contribution in [2.75, 3.05) is 12.0 Å². The lowest BCUT2D eigenvalue weighted by Gasteiger charge is -2.25. The van der Waals surface area contributed by atoms with E-state index in [2.05, 4.69) is 15.2 Å². The number of amides is 1. The molecular weight excluding hydrogens is 537 g/mol. The predicted molar refractivity (Wildman–Crippen MR) is 142 cm³/mol. The molecular formula is C29H25F3N6O3. The molecule has 2 aromatic heterocycles. The van der Waals surface area contributed by atoms with Gasteiger partial charge in [0.1, 0.15) is 17.0 Å². The van der Waals surface area contributed by atoms with Gasteiger partial charge >= 0.3 is 0 Å². The maximum Gasteiger partial charge on any atom is 0.277 e. The Hall–Kier alpha value is -4.76. The first-order chi connectivity index (χ1) is 19.4. The average molecular weight is 563 g/mol. The van der Waals surface area contributed by atoms with Crippen molar-refractivity contribution in [2.45, 2.75) is 44.2 Å². The van der Waals surface area contributed by atoms with Gasteiger partial charge in [-0.1, -0.05) is 24.3 Å². The number of ether oxygens (including phenoxy) is 1. The maximum absolute atomic E-state index is 15.3. The van der Waals surface area contributed by atoms with Gasteiger partial charge in [-0.15, -0.1) is 10.2 Å². The Morgan fingerprint density at radius 1 is 1.20 bits per heavy atom. The van der Waals surface area contributed by atoms with Crippen molar-refractivity contribution in [2.24, 2.45) is 5.73 Å². The maximum atomic E-state index is 15.3. The van der Waals surface area contributed by atoms with Crippen molar-refractivity contribution in [1.82, 2.24) is 15.2 Å². The quantitative estimate of drug-likeness (QED) is 0.343. The fourth-order valence-electron chi connectivity index (χ4n) is 4.47. The second kappa shape index (κ2) is 10.3. The van der Waals surface area contributed by atoms with Gasteiger partial charge in [-0.25, -0.2) is 13.2 Å². The predicted octanol–water partition coefficient (Wildman–Crippen LogP) is 5.10. The fraction of sp³-hybridized carbons (Fsp3) is 0.276. The number of nitrogens with zero attached hydrogens (tertiary/aromatic N) is 5. The first kappa shape index (κ1) is 27.8. The van der Waals surface area contributed by atoms with Crippen molar-refractivity contribution in [3.05, 3.63) is 77.6 Å². The number of carbonyl (C=O) groups excluding carboxylic acids is 1. The van der Waals surface area contributed by atoms with E-state index in [-0.39, 0.29) is 29.6 Å². The minimum absolute atomic E-state index is 0.0731. The number of nitrogens with two attached hydrogens (primary N) is 1. The Labute approximate surface area is 233 Å². The molecule has 2 aromatic carbocycles. The smallest absolute Gasteiger partial charge is 0.277 e. The second-order valence-electron chi connectivity index (χ2n) is 10.2. The molecule has 5 rings (SSSR count).